The maximum absolute atomic E-state index is 2.49. The summed E-state index contributed by atoms with van der Waals surface area (Å²) in [6, 6.07) is 96.7. The van der Waals surface area contributed by atoms with E-state index in [-0.39, 0.29) is 5.41 Å². The van der Waals surface area contributed by atoms with Gasteiger partial charge in [0.2, 0.25) is 0 Å². The van der Waals surface area contributed by atoms with Crippen molar-refractivity contribution in [2.45, 2.75) is 19.3 Å². The van der Waals surface area contributed by atoms with Gasteiger partial charge in [0.15, 0.2) is 0 Å². The van der Waals surface area contributed by atoms with Crippen molar-refractivity contribution in [1.29, 1.82) is 0 Å². The first-order valence-corrected chi connectivity index (χ1v) is 25.1. The van der Waals surface area contributed by atoms with Crippen molar-refractivity contribution in [3.63, 3.8) is 0 Å². The summed E-state index contributed by atoms with van der Waals surface area (Å²) in [4.78, 5) is 0. The third-order valence-electron chi connectivity index (χ3n) is 15.6. The Bertz CT molecular complexity index is 4060. The van der Waals surface area contributed by atoms with Crippen LogP contribution in [0.1, 0.15) is 25.0 Å². The van der Waals surface area contributed by atoms with Crippen LogP contribution in [0.4, 0.5) is 0 Å². The van der Waals surface area contributed by atoms with Crippen LogP contribution in [0.2, 0.25) is 0 Å². The summed E-state index contributed by atoms with van der Waals surface area (Å²) in [5.41, 5.74) is 23.4. The molecule has 0 aliphatic heterocycles. The van der Waals surface area contributed by atoms with Gasteiger partial charge in [0, 0.05) is 21.9 Å². The second kappa shape index (κ2) is 16.5. The van der Waals surface area contributed by atoms with E-state index in [1.54, 1.807) is 0 Å². The van der Waals surface area contributed by atoms with Crippen LogP contribution >= 0.6 is 0 Å². The van der Waals surface area contributed by atoms with E-state index in [4.69, 9.17) is 0 Å². The topological polar surface area (TPSA) is 4.93 Å². The van der Waals surface area contributed by atoms with Gasteiger partial charge in [-0.05, 0) is 153 Å². The van der Waals surface area contributed by atoms with E-state index in [1.165, 1.54) is 138 Å². The summed E-state index contributed by atoms with van der Waals surface area (Å²) in [5, 5.41) is 7.53. The van der Waals surface area contributed by atoms with E-state index in [1.807, 2.05) is 0 Å². The number of hydrogen-bond donors (Lipinski definition) is 0. The van der Waals surface area contributed by atoms with Gasteiger partial charge in [0.05, 0.1) is 11.0 Å². The van der Waals surface area contributed by atoms with Crippen molar-refractivity contribution in [1.82, 2.24) is 4.57 Å². The lowest BCUT2D eigenvalue weighted by Gasteiger charge is -2.23. The zero-order valence-electron chi connectivity index (χ0n) is 40.3. The minimum atomic E-state index is -0.198. The van der Waals surface area contributed by atoms with Crippen LogP contribution in [0.3, 0.4) is 0 Å². The molecule has 0 amide bonds. The summed E-state index contributed by atoms with van der Waals surface area (Å²) in [6.45, 7) is 4.79. The maximum atomic E-state index is 2.49. The van der Waals surface area contributed by atoms with Crippen molar-refractivity contribution in [2.24, 2.45) is 0 Å². The Labute approximate surface area is 420 Å². The molecule has 0 saturated carbocycles. The molecule has 338 valence electrons. The fourth-order valence-corrected chi connectivity index (χ4v) is 11.8. The van der Waals surface area contributed by atoms with Gasteiger partial charge in [0.25, 0.3) is 0 Å². The molecule has 1 aliphatic carbocycles. The van der Waals surface area contributed by atoms with Crippen LogP contribution < -0.4 is 0 Å². The Morgan fingerprint density at radius 3 is 1.15 bits per heavy atom. The van der Waals surface area contributed by atoms with Crippen molar-refractivity contribution >= 4 is 43.4 Å². The Morgan fingerprint density at radius 2 is 0.625 bits per heavy atom. The SMILES string of the molecule is CC1(C)c2cc(-c3ccc(-c4ccccc4)cc3)ccc2-c2ccc(-n3c4ccc(-c5ccc(-c6cccc7ccccc67)cc5)cc4c4cc(-c5ccc(-c6cccc7ccccc67)cc5)ccc43)cc21. The van der Waals surface area contributed by atoms with Crippen LogP contribution in [0.25, 0.3) is 127 Å². The molecule has 0 fully saturated rings. The van der Waals surface area contributed by atoms with Crippen LogP contribution in [0.15, 0.2) is 261 Å². The van der Waals surface area contributed by atoms with E-state index in [2.05, 4.69) is 279 Å². The highest BCUT2D eigenvalue weighted by atomic mass is 15.0. The summed E-state index contributed by atoms with van der Waals surface area (Å²) < 4.78 is 2.49. The summed E-state index contributed by atoms with van der Waals surface area (Å²) in [5.74, 6) is 0. The van der Waals surface area contributed by atoms with Crippen LogP contribution in [-0.2, 0) is 5.41 Å². The Morgan fingerprint density at radius 1 is 0.250 bits per heavy atom. The van der Waals surface area contributed by atoms with Crippen molar-refractivity contribution in [3.8, 4) is 83.6 Å². The normalized spacial score (nSPS) is 12.7. The van der Waals surface area contributed by atoms with Gasteiger partial charge in [-0.25, -0.2) is 0 Å². The van der Waals surface area contributed by atoms with Gasteiger partial charge < -0.3 is 4.57 Å². The van der Waals surface area contributed by atoms with E-state index in [9.17, 15) is 0 Å². The average molecular weight is 916 g/mol. The van der Waals surface area contributed by atoms with Gasteiger partial charge in [-0.1, -0.05) is 232 Å². The second-order valence-electron chi connectivity index (χ2n) is 20.1. The molecular formula is C71H49N. The van der Waals surface area contributed by atoms with E-state index < -0.39 is 0 Å². The van der Waals surface area contributed by atoms with Gasteiger partial charge >= 0.3 is 0 Å². The van der Waals surface area contributed by atoms with E-state index in [0.29, 0.717) is 0 Å². The molecule has 0 saturated heterocycles. The minimum Gasteiger partial charge on any atom is -0.309 e. The minimum absolute atomic E-state index is 0.198. The standard InChI is InChI=1S/C71H49N/c1-71(2)67-44-57(50-24-22-47(23-25-50)46-12-4-3-5-13-46)34-38-63(67)64-39-37-58(45-68(64)71)72-69-40-35-55(48-26-30-53(31-27-48)61-20-10-16-51-14-6-8-18-59(51)61)42-65(69)66-43-56(36-41-70(66)72)49-28-32-54(33-29-49)62-21-11-17-52-15-7-9-19-60(52)62/h3-45H,1-2H3. The number of rotatable bonds is 7. The largest absolute Gasteiger partial charge is 0.309 e. The molecule has 1 aromatic heterocycles. The van der Waals surface area contributed by atoms with Gasteiger partial charge in [-0.2, -0.15) is 0 Å². The molecule has 12 aromatic carbocycles. The number of benzene rings is 12. The number of hydrogen-bond acceptors (Lipinski definition) is 0. The molecule has 0 radical (unpaired) electrons. The fraction of sp³-hybridized carbons (Fsp3) is 0.0423. The first-order valence-electron chi connectivity index (χ1n) is 25.1. The zero-order valence-corrected chi connectivity index (χ0v) is 40.3. The summed E-state index contributed by atoms with van der Waals surface area (Å²) in [6.07, 6.45) is 0. The molecule has 0 unspecified atom stereocenters. The Hall–Kier alpha value is -9.04. The van der Waals surface area contributed by atoms with Gasteiger partial charge in [0.1, 0.15) is 0 Å². The first-order chi connectivity index (χ1) is 35.4. The maximum Gasteiger partial charge on any atom is 0.0541 e. The molecule has 1 nitrogen and oxygen atoms in total. The van der Waals surface area contributed by atoms with E-state index >= 15 is 0 Å². The lowest BCUT2D eigenvalue weighted by Crippen LogP contribution is -2.15. The Kier molecular flexibility index (Phi) is 9.63. The smallest absolute Gasteiger partial charge is 0.0541 e. The van der Waals surface area contributed by atoms with E-state index in [0.717, 1.165) is 0 Å². The lowest BCUT2D eigenvalue weighted by molar-refractivity contribution is 0.660. The molecule has 0 atom stereocenters. The van der Waals surface area contributed by atoms with Crippen molar-refractivity contribution in [3.05, 3.63) is 272 Å². The molecule has 1 heteroatoms. The molecular weight excluding hydrogens is 867 g/mol. The lowest BCUT2D eigenvalue weighted by atomic mass is 9.81. The number of fused-ring (bicyclic) bond motifs is 8. The highest BCUT2D eigenvalue weighted by molar-refractivity contribution is 6.12. The average Bonchev–Trinajstić information content (AvgIpc) is 3.89. The summed E-state index contributed by atoms with van der Waals surface area (Å²) >= 11 is 0. The zero-order chi connectivity index (χ0) is 47.9. The first kappa shape index (κ1) is 41.9. The molecule has 14 rings (SSSR count). The quantitative estimate of drug-likeness (QED) is 0.150. The molecule has 72 heavy (non-hydrogen) atoms. The number of nitrogens with zero attached hydrogens (tertiary/aromatic N) is 1. The number of aromatic nitrogens is 1. The van der Waals surface area contributed by atoms with Gasteiger partial charge in [-0.15, -0.1) is 0 Å². The van der Waals surface area contributed by atoms with Crippen molar-refractivity contribution < 1.29 is 0 Å². The highest BCUT2D eigenvalue weighted by Crippen LogP contribution is 2.51. The molecule has 1 aliphatic rings. The molecule has 13 aromatic rings. The van der Waals surface area contributed by atoms with Crippen LogP contribution in [-0.4, -0.2) is 4.57 Å². The Balaban J connectivity index is 0.865. The fourth-order valence-electron chi connectivity index (χ4n) is 11.8. The van der Waals surface area contributed by atoms with Crippen LogP contribution in [0.5, 0.6) is 0 Å². The molecule has 0 spiro atoms. The molecule has 0 bridgehead atoms. The van der Waals surface area contributed by atoms with Crippen molar-refractivity contribution in [2.75, 3.05) is 0 Å². The second-order valence-corrected chi connectivity index (χ2v) is 20.1. The monoisotopic (exact) mass is 915 g/mol. The molecule has 1 heterocycles. The van der Waals surface area contributed by atoms with Crippen LogP contribution in [0, 0.1) is 0 Å². The predicted molar refractivity (Wildman–Crippen MR) is 306 cm³/mol. The van der Waals surface area contributed by atoms with Gasteiger partial charge in [-0.3, -0.25) is 0 Å². The molecule has 0 N–H and O–H groups in total. The highest BCUT2D eigenvalue weighted by Gasteiger charge is 2.36. The third-order valence-corrected chi connectivity index (χ3v) is 15.6. The summed E-state index contributed by atoms with van der Waals surface area (Å²) in [7, 11) is 0. The predicted octanol–water partition coefficient (Wildman–Crippen LogP) is 19.4. The third kappa shape index (κ3) is 6.84.